The van der Waals surface area contributed by atoms with E-state index in [1.807, 2.05) is 55.5 Å². The maximum absolute atomic E-state index is 12.2. The van der Waals surface area contributed by atoms with Gasteiger partial charge in [-0.3, -0.25) is 4.79 Å². The molecule has 2 N–H and O–H groups in total. The molecule has 0 aromatic heterocycles. The predicted molar refractivity (Wildman–Crippen MR) is 115 cm³/mol. The zero-order valence-electron chi connectivity index (χ0n) is 17.1. The lowest BCUT2D eigenvalue weighted by Gasteiger charge is -2.14. The lowest BCUT2D eigenvalue weighted by atomic mass is 10.2. The van der Waals surface area contributed by atoms with Gasteiger partial charge in [0.2, 0.25) is 5.91 Å². The third kappa shape index (κ3) is 6.98. The first-order valence-corrected chi connectivity index (χ1v) is 10.3. The summed E-state index contributed by atoms with van der Waals surface area (Å²) in [6.45, 7) is 5.67. The Morgan fingerprint density at radius 1 is 1.17 bits per heavy atom. The van der Waals surface area contributed by atoms with Gasteiger partial charge in [-0.1, -0.05) is 13.0 Å². The molecule has 6 nitrogen and oxygen atoms in total. The second-order valence-electron chi connectivity index (χ2n) is 7.24. The highest BCUT2D eigenvalue weighted by molar-refractivity contribution is 5.93. The Morgan fingerprint density at radius 3 is 2.72 bits per heavy atom. The second-order valence-corrected chi connectivity index (χ2v) is 7.24. The van der Waals surface area contributed by atoms with E-state index in [1.54, 1.807) is 0 Å². The molecule has 1 saturated heterocycles. The third-order valence-corrected chi connectivity index (χ3v) is 4.80. The molecule has 0 aliphatic carbocycles. The lowest BCUT2D eigenvalue weighted by molar-refractivity contribution is -0.114. The molecule has 6 heteroatoms. The fourth-order valence-electron chi connectivity index (χ4n) is 2.98. The van der Waals surface area contributed by atoms with E-state index in [4.69, 9.17) is 14.2 Å². The molecular weight excluding hydrogens is 368 g/mol. The Hall–Kier alpha value is -2.73. The van der Waals surface area contributed by atoms with Gasteiger partial charge in [0, 0.05) is 24.0 Å². The van der Waals surface area contributed by atoms with Gasteiger partial charge in [-0.05, 0) is 62.6 Å². The maximum Gasteiger partial charge on any atom is 0.243 e. The first-order valence-electron chi connectivity index (χ1n) is 10.3. The zero-order chi connectivity index (χ0) is 20.5. The molecule has 1 heterocycles. The van der Waals surface area contributed by atoms with Crippen molar-refractivity contribution in [2.75, 3.05) is 30.4 Å². The molecule has 0 saturated carbocycles. The summed E-state index contributed by atoms with van der Waals surface area (Å²) in [5.74, 6) is 1.45. The Balaban J connectivity index is 1.42. The number of hydrogen-bond acceptors (Lipinski definition) is 5. The number of anilines is 2. The molecule has 0 spiro atoms. The minimum absolute atomic E-state index is 0.119. The Labute approximate surface area is 172 Å². The number of nitrogens with one attached hydrogen (secondary N) is 2. The van der Waals surface area contributed by atoms with Crippen molar-refractivity contribution in [1.29, 1.82) is 0 Å². The van der Waals surface area contributed by atoms with Crippen LogP contribution in [-0.2, 0) is 9.53 Å². The molecule has 2 atom stereocenters. The summed E-state index contributed by atoms with van der Waals surface area (Å²) in [6, 6.07) is 15.0. The number of rotatable bonds is 10. The Morgan fingerprint density at radius 2 is 2.00 bits per heavy atom. The van der Waals surface area contributed by atoms with Gasteiger partial charge in [0.1, 0.15) is 18.1 Å². The summed E-state index contributed by atoms with van der Waals surface area (Å²) in [4.78, 5) is 12.2. The van der Waals surface area contributed by atoms with E-state index in [9.17, 15) is 4.79 Å². The molecule has 2 aromatic rings. The summed E-state index contributed by atoms with van der Waals surface area (Å²) >= 11 is 0. The van der Waals surface area contributed by atoms with Crippen molar-refractivity contribution in [1.82, 2.24) is 0 Å². The van der Waals surface area contributed by atoms with E-state index >= 15 is 0 Å². The minimum Gasteiger partial charge on any atom is -0.491 e. The molecule has 1 aliphatic heterocycles. The number of carbonyl (C=O) groups excluding carboxylic acids is 1. The molecule has 1 fully saturated rings. The molecule has 2 unspecified atom stereocenters. The molecule has 2 aromatic carbocycles. The van der Waals surface area contributed by atoms with Gasteiger partial charge in [0.05, 0.1) is 18.8 Å². The number of hydrogen-bond donors (Lipinski definition) is 2. The summed E-state index contributed by atoms with van der Waals surface area (Å²) in [6.07, 6.45) is 3.44. The Bertz CT molecular complexity index is 773. The summed E-state index contributed by atoms with van der Waals surface area (Å²) < 4.78 is 17.1. The van der Waals surface area contributed by atoms with Crippen LogP contribution in [0.2, 0.25) is 0 Å². The average Bonchev–Trinajstić information content (AvgIpc) is 3.26. The number of benzene rings is 2. The van der Waals surface area contributed by atoms with Gasteiger partial charge in [-0.25, -0.2) is 0 Å². The molecular formula is C23H30N2O4. The van der Waals surface area contributed by atoms with Crippen LogP contribution in [0.25, 0.3) is 0 Å². The lowest BCUT2D eigenvalue weighted by Crippen LogP contribution is -2.21. The van der Waals surface area contributed by atoms with Crippen LogP contribution >= 0.6 is 0 Å². The van der Waals surface area contributed by atoms with Gasteiger partial charge in [-0.2, -0.15) is 0 Å². The molecule has 0 radical (unpaired) electrons. The van der Waals surface area contributed by atoms with Crippen molar-refractivity contribution in [3.05, 3.63) is 48.5 Å². The van der Waals surface area contributed by atoms with Crippen LogP contribution in [0.1, 0.15) is 33.1 Å². The van der Waals surface area contributed by atoms with Gasteiger partial charge < -0.3 is 24.8 Å². The standard InChI is InChI=1S/C23H30N2O4/c1-3-17(2)29-21-7-4-6-19(14-21)24-15-23(26)25-18-9-11-20(12-10-18)28-16-22-8-5-13-27-22/h4,6-7,9-12,14,17,22,24H,3,5,8,13,15-16H2,1-2H3,(H,25,26). The van der Waals surface area contributed by atoms with Crippen LogP contribution in [0.3, 0.4) is 0 Å². The number of carbonyl (C=O) groups is 1. The van der Waals surface area contributed by atoms with Crippen LogP contribution in [0, 0.1) is 0 Å². The minimum atomic E-state index is -0.119. The largest absolute Gasteiger partial charge is 0.491 e. The smallest absolute Gasteiger partial charge is 0.243 e. The molecule has 1 amide bonds. The van der Waals surface area contributed by atoms with Gasteiger partial charge in [-0.15, -0.1) is 0 Å². The van der Waals surface area contributed by atoms with Crippen LogP contribution in [0.5, 0.6) is 11.5 Å². The highest BCUT2D eigenvalue weighted by Gasteiger charge is 2.15. The average molecular weight is 399 g/mol. The van der Waals surface area contributed by atoms with E-state index < -0.39 is 0 Å². The van der Waals surface area contributed by atoms with Gasteiger partial charge >= 0.3 is 0 Å². The van der Waals surface area contributed by atoms with Gasteiger partial charge in [0.15, 0.2) is 0 Å². The van der Waals surface area contributed by atoms with Crippen molar-refractivity contribution in [2.24, 2.45) is 0 Å². The SMILES string of the molecule is CCC(C)Oc1cccc(NCC(=O)Nc2ccc(OCC3CCCO3)cc2)c1. The van der Waals surface area contributed by atoms with E-state index in [2.05, 4.69) is 17.6 Å². The molecule has 3 rings (SSSR count). The number of amides is 1. The van der Waals surface area contributed by atoms with E-state index in [0.717, 1.165) is 48.7 Å². The molecule has 0 bridgehead atoms. The molecule has 29 heavy (non-hydrogen) atoms. The number of ether oxygens (including phenoxy) is 3. The van der Waals surface area contributed by atoms with Crippen molar-refractivity contribution < 1.29 is 19.0 Å². The molecule has 156 valence electrons. The van der Waals surface area contributed by atoms with Crippen molar-refractivity contribution in [3.63, 3.8) is 0 Å². The van der Waals surface area contributed by atoms with Crippen molar-refractivity contribution >= 4 is 17.3 Å². The summed E-state index contributed by atoms with van der Waals surface area (Å²) in [5, 5.41) is 6.01. The fourth-order valence-corrected chi connectivity index (χ4v) is 2.98. The van der Waals surface area contributed by atoms with Crippen LogP contribution in [0.15, 0.2) is 48.5 Å². The summed E-state index contributed by atoms with van der Waals surface area (Å²) in [7, 11) is 0. The summed E-state index contributed by atoms with van der Waals surface area (Å²) in [5.41, 5.74) is 1.58. The second kappa shape index (κ2) is 10.7. The first-order chi connectivity index (χ1) is 14.1. The quantitative estimate of drug-likeness (QED) is 0.618. The Kier molecular flexibility index (Phi) is 7.76. The van der Waals surface area contributed by atoms with Crippen LogP contribution < -0.4 is 20.1 Å². The highest BCUT2D eigenvalue weighted by atomic mass is 16.5. The third-order valence-electron chi connectivity index (χ3n) is 4.80. The van der Waals surface area contributed by atoms with Crippen molar-refractivity contribution in [2.45, 2.75) is 45.3 Å². The predicted octanol–water partition coefficient (Wildman–Crippen LogP) is 4.47. The van der Waals surface area contributed by atoms with Gasteiger partial charge in [0.25, 0.3) is 0 Å². The zero-order valence-corrected chi connectivity index (χ0v) is 17.1. The fraction of sp³-hybridized carbons (Fsp3) is 0.435. The normalized spacial score (nSPS) is 16.8. The van der Waals surface area contributed by atoms with Crippen LogP contribution in [-0.4, -0.2) is 37.9 Å². The van der Waals surface area contributed by atoms with E-state index in [1.165, 1.54) is 0 Å². The van der Waals surface area contributed by atoms with E-state index in [0.29, 0.717) is 6.61 Å². The first kappa shape index (κ1) is 21.0. The highest BCUT2D eigenvalue weighted by Crippen LogP contribution is 2.20. The van der Waals surface area contributed by atoms with Crippen molar-refractivity contribution in [3.8, 4) is 11.5 Å². The maximum atomic E-state index is 12.2. The van der Waals surface area contributed by atoms with E-state index in [-0.39, 0.29) is 24.7 Å². The molecule has 1 aliphatic rings. The van der Waals surface area contributed by atoms with Crippen LogP contribution in [0.4, 0.5) is 11.4 Å². The monoisotopic (exact) mass is 398 g/mol. The topological polar surface area (TPSA) is 68.8 Å².